The van der Waals surface area contributed by atoms with Crippen molar-refractivity contribution in [2.75, 3.05) is 6.61 Å². The zero-order chi connectivity index (χ0) is 12.3. The smallest absolute Gasteiger partial charge is 0.303 e. The molecule has 0 unspecified atom stereocenters. The molecule has 1 saturated heterocycles. The number of aliphatic hydroxyl groups excluding tert-OH is 2. The minimum Gasteiger partial charge on any atom is -0.455 e. The van der Waals surface area contributed by atoms with Crippen molar-refractivity contribution >= 4 is 11.9 Å². The topological polar surface area (TPSA) is 102 Å². The second kappa shape index (κ2) is 5.24. The van der Waals surface area contributed by atoms with Crippen LogP contribution in [-0.4, -0.2) is 53.4 Å². The molecule has 0 spiro atoms. The number of hydrogen-bond donors (Lipinski definition) is 2. The van der Waals surface area contributed by atoms with Gasteiger partial charge < -0.3 is 24.4 Å². The van der Waals surface area contributed by atoms with E-state index in [0.717, 1.165) is 6.92 Å². The van der Waals surface area contributed by atoms with Gasteiger partial charge in [0.05, 0.1) is 6.61 Å². The number of ether oxygens (including phenoxy) is 3. The molecule has 0 bridgehead atoms. The van der Waals surface area contributed by atoms with Gasteiger partial charge in [0.25, 0.3) is 0 Å². The average molecular weight is 234 g/mol. The molecule has 1 rings (SSSR count). The van der Waals surface area contributed by atoms with Crippen LogP contribution in [0.15, 0.2) is 0 Å². The number of carbonyl (C=O) groups excluding carboxylic acids is 2. The van der Waals surface area contributed by atoms with E-state index in [4.69, 9.17) is 19.3 Å². The van der Waals surface area contributed by atoms with Crippen molar-refractivity contribution in [1.29, 1.82) is 0 Å². The van der Waals surface area contributed by atoms with Gasteiger partial charge in [-0.2, -0.15) is 0 Å². The molecule has 2 N–H and O–H groups in total. The Labute approximate surface area is 91.9 Å². The van der Waals surface area contributed by atoms with Crippen LogP contribution in [0.3, 0.4) is 0 Å². The third-order valence-corrected chi connectivity index (χ3v) is 2.07. The summed E-state index contributed by atoms with van der Waals surface area (Å²) in [6, 6.07) is 0. The molecular formula is C9H14O7. The molecule has 1 aliphatic rings. The van der Waals surface area contributed by atoms with Crippen LogP contribution in [0.2, 0.25) is 0 Å². The van der Waals surface area contributed by atoms with Crippen LogP contribution < -0.4 is 0 Å². The maximum atomic E-state index is 10.8. The third kappa shape index (κ3) is 2.91. The first-order valence-electron chi connectivity index (χ1n) is 4.74. The molecule has 7 nitrogen and oxygen atoms in total. The number of aliphatic hydroxyl groups is 2. The maximum absolute atomic E-state index is 10.8. The fraction of sp³-hybridized carbons (Fsp3) is 0.778. The van der Waals surface area contributed by atoms with Gasteiger partial charge in [0.1, 0.15) is 6.10 Å². The molecular weight excluding hydrogens is 220 g/mol. The molecule has 0 aromatic heterocycles. The van der Waals surface area contributed by atoms with E-state index in [-0.39, 0.29) is 0 Å². The minimum absolute atomic E-state index is 0.452. The molecule has 0 amide bonds. The molecule has 0 radical (unpaired) electrons. The first kappa shape index (κ1) is 12.9. The largest absolute Gasteiger partial charge is 0.455 e. The van der Waals surface area contributed by atoms with Crippen LogP contribution >= 0.6 is 0 Å². The molecule has 0 aromatic rings. The van der Waals surface area contributed by atoms with Gasteiger partial charge in [0.2, 0.25) is 0 Å². The highest BCUT2D eigenvalue weighted by Crippen LogP contribution is 2.25. The standard InChI is InChI=1S/C9H14O7/c1-4(11)14-7-6(3-10)16-9(13)8(7)15-5(2)12/h6-10,13H,3H2,1-2H3/t6-,7+,8-,9-/m0/s1. The van der Waals surface area contributed by atoms with E-state index in [1.54, 1.807) is 0 Å². The van der Waals surface area contributed by atoms with Gasteiger partial charge in [-0.1, -0.05) is 0 Å². The Morgan fingerprint density at radius 3 is 2.12 bits per heavy atom. The number of esters is 2. The summed E-state index contributed by atoms with van der Waals surface area (Å²) in [4.78, 5) is 21.6. The Balaban J connectivity index is 2.76. The lowest BCUT2D eigenvalue weighted by atomic mass is 10.1. The summed E-state index contributed by atoms with van der Waals surface area (Å²) in [6.07, 6.45) is -4.42. The van der Waals surface area contributed by atoms with Gasteiger partial charge in [-0.25, -0.2) is 0 Å². The second-order valence-corrected chi connectivity index (χ2v) is 3.40. The van der Waals surface area contributed by atoms with Gasteiger partial charge in [0.15, 0.2) is 18.5 Å². The lowest BCUT2D eigenvalue weighted by Crippen LogP contribution is -2.40. The minimum atomic E-state index is -1.41. The lowest BCUT2D eigenvalue weighted by molar-refractivity contribution is -0.174. The van der Waals surface area contributed by atoms with E-state index in [2.05, 4.69) is 0 Å². The van der Waals surface area contributed by atoms with Crippen molar-refractivity contribution in [1.82, 2.24) is 0 Å². The van der Waals surface area contributed by atoms with E-state index in [0.29, 0.717) is 0 Å². The van der Waals surface area contributed by atoms with Gasteiger partial charge in [-0.3, -0.25) is 9.59 Å². The van der Waals surface area contributed by atoms with Crippen LogP contribution in [0.1, 0.15) is 13.8 Å². The van der Waals surface area contributed by atoms with Crippen molar-refractivity contribution in [3.8, 4) is 0 Å². The molecule has 1 heterocycles. The van der Waals surface area contributed by atoms with E-state index in [1.807, 2.05) is 0 Å². The van der Waals surface area contributed by atoms with Crippen molar-refractivity contribution in [3.05, 3.63) is 0 Å². The average Bonchev–Trinajstić information content (AvgIpc) is 2.44. The van der Waals surface area contributed by atoms with Crippen LogP contribution in [-0.2, 0) is 23.8 Å². The molecule has 0 aromatic carbocycles. The van der Waals surface area contributed by atoms with E-state index < -0.39 is 43.1 Å². The van der Waals surface area contributed by atoms with Crippen LogP contribution in [0.4, 0.5) is 0 Å². The fourth-order valence-corrected chi connectivity index (χ4v) is 1.51. The van der Waals surface area contributed by atoms with Crippen LogP contribution in [0.25, 0.3) is 0 Å². The Morgan fingerprint density at radius 1 is 1.19 bits per heavy atom. The molecule has 4 atom stereocenters. The van der Waals surface area contributed by atoms with Crippen molar-refractivity contribution in [3.63, 3.8) is 0 Å². The number of hydrogen-bond acceptors (Lipinski definition) is 7. The van der Waals surface area contributed by atoms with Crippen LogP contribution in [0, 0.1) is 0 Å². The van der Waals surface area contributed by atoms with Crippen molar-refractivity contribution in [2.24, 2.45) is 0 Å². The summed E-state index contributed by atoms with van der Waals surface area (Å²) in [6.45, 7) is 1.88. The summed E-state index contributed by atoms with van der Waals surface area (Å²) in [5.41, 5.74) is 0. The van der Waals surface area contributed by atoms with Crippen molar-refractivity contribution in [2.45, 2.75) is 38.4 Å². The summed E-state index contributed by atoms with van der Waals surface area (Å²) in [5.74, 6) is -1.25. The monoisotopic (exact) mass is 234 g/mol. The van der Waals surface area contributed by atoms with Gasteiger partial charge in [0, 0.05) is 13.8 Å². The molecule has 0 saturated carbocycles. The Bertz CT molecular complexity index is 277. The van der Waals surface area contributed by atoms with Gasteiger partial charge in [-0.15, -0.1) is 0 Å². The number of carbonyl (C=O) groups is 2. The molecule has 1 fully saturated rings. The molecule has 1 aliphatic heterocycles. The Kier molecular flexibility index (Phi) is 4.22. The van der Waals surface area contributed by atoms with Gasteiger partial charge in [-0.05, 0) is 0 Å². The fourth-order valence-electron chi connectivity index (χ4n) is 1.51. The first-order valence-corrected chi connectivity index (χ1v) is 4.74. The quantitative estimate of drug-likeness (QED) is 0.576. The highest BCUT2D eigenvalue weighted by atomic mass is 16.7. The lowest BCUT2D eigenvalue weighted by Gasteiger charge is -2.21. The predicted octanol–water partition coefficient (Wildman–Crippen LogP) is -1.44. The zero-order valence-corrected chi connectivity index (χ0v) is 8.95. The molecule has 0 aliphatic carbocycles. The molecule has 7 heteroatoms. The molecule has 92 valence electrons. The SMILES string of the molecule is CC(=O)O[C@H]1[C@H](OC(C)=O)[C@@H](O)O[C@H]1CO. The molecule has 16 heavy (non-hydrogen) atoms. The Morgan fingerprint density at radius 2 is 1.69 bits per heavy atom. The first-order chi connectivity index (χ1) is 7.45. The van der Waals surface area contributed by atoms with Crippen LogP contribution in [0.5, 0.6) is 0 Å². The van der Waals surface area contributed by atoms with E-state index in [9.17, 15) is 14.7 Å². The summed E-state index contributed by atoms with van der Waals surface area (Å²) >= 11 is 0. The normalized spacial score (nSPS) is 33.5. The third-order valence-electron chi connectivity index (χ3n) is 2.07. The maximum Gasteiger partial charge on any atom is 0.303 e. The summed E-state index contributed by atoms with van der Waals surface area (Å²) in [5, 5.41) is 18.4. The number of rotatable bonds is 3. The Hall–Kier alpha value is -1.18. The predicted molar refractivity (Wildman–Crippen MR) is 49.1 cm³/mol. The highest BCUT2D eigenvalue weighted by Gasteiger charge is 2.48. The van der Waals surface area contributed by atoms with Gasteiger partial charge >= 0.3 is 11.9 Å². The summed E-state index contributed by atoms with van der Waals surface area (Å²) in [7, 11) is 0. The van der Waals surface area contributed by atoms with E-state index >= 15 is 0 Å². The summed E-state index contributed by atoms with van der Waals surface area (Å²) < 4.78 is 14.5. The zero-order valence-electron chi connectivity index (χ0n) is 8.95. The second-order valence-electron chi connectivity index (χ2n) is 3.40. The van der Waals surface area contributed by atoms with E-state index in [1.165, 1.54) is 6.92 Å². The van der Waals surface area contributed by atoms with Crippen molar-refractivity contribution < 1.29 is 34.0 Å². The highest BCUT2D eigenvalue weighted by molar-refractivity contribution is 5.67.